The number of aliphatic hydroxyl groups excluding tert-OH is 1. The Hall–Kier alpha value is -1.02. The third-order valence-corrected chi connectivity index (χ3v) is 1.70. The van der Waals surface area contributed by atoms with Crippen molar-refractivity contribution in [3.05, 3.63) is 36.8 Å². The molecule has 0 aliphatic heterocycles. The molecule has 1 N–H and O–H groups in total. The van der Waals surface area contributed by atoms with Crippen molar-refractivity contribution in [2.24, 2.45) is 5.92 Å². The van der Waals surface area contributed by atoms with Gasteiger partial charge in [-0.25, -0.2) is 0 Å². The molecule has 0 amide bonds. The van der Waals surface area contributed by atoms with E-state index in [9.17, 15) is 5.11 Å². The maximum absolute atomic E-state index is 9.51. The summed E-state index contributed by atoms with van der Waals surface area (Å²) in [5, 5.41) is 9.51. The monoisotopic (exact) mass is 152 g/mol. The minimum Gasteiger partial charge on any atom is -0.467 e. The summed E-state index contributed by atoms with van der Waals surface area (Å²) in [7, 11) is 0. The average Bonchev–Trinajstić information content (AvgIpc) is 2.53. The van der Waals surface area contributed by atoms with E-state index in [0.29, 0.717) is 5.76 Å². The highest BCUT2D eigenvalue weighted by Crippen LogP contribution is 2.22. The lowest BCUT2D eigenvalue weighted by molar-refractivity contribution is 0.114. The molecule has 0 fully saturated rings. The van der Waals surface area contributed by atoms with Crippen LogP contribution in [0.4, 0.5) is 0 Å². The van der Waals surface area contributed by atoms with Crippen LogP contribution in [-0.2, 0) is 0 Å². The second-order valence-corrected chi connectivity index (χ2v) is 2.56. The molecule has 1 aromatic rings. The summed E-state index contributed by atoms with van der Waals surface area (Å²) >= 11 is 0. The van der Waals surface area contributed by atoms with E-state index >= 15 is 0 Å². The first-order valence-electron chi connectivity index (χ1n) is 3.59. The van der Waals surface area contributed by atoms with Crippen LogP contribution < -0.4 is 0 Å². The summed E-state index contributed by atoms with van der Waals surface area (Å²) in [5.41, 5.74) is 0. The van der Waals surface area contributed by atoms with Crippen LogP contribution in [0.15, 0.2) is 35.5 Å². The van der Waals surface area contributed by atoms with Gasteiger partial charge >= 0.3 is 0 Å². The van der Waals surface area contributed by atoms with Crippen molar-refractivity contribution in [1.82, 2.24) is 0 Å². The van der Waals surface area contributed by atoms with Crippen molar-refractivity contribution in [3.63, 3.8) is 0 Å². The Bertz CT molecular complexity index is 213. The van der Waals surface area contributed by atoms with Gasteiger partial charge in [0.2, 0.25) is 0 Å². The van der Waals surface area contributed by atoms with Crippen molar-refractivity contribution in [1.29, 1.82) is 0 Å². The van der Waals surface area contributed by atoms with Crippen molar-refractivity contribution in [2.45, 2.75) is 13.0 Å². The molecule has 60 valence electrons. The molecule has 0 unspecified atom stereocenters. The van der Waals surface area contributed by atoms with Gasteiger partial charge in [0.1, 0.15) is 11.9 Å². The molecule has 0 aromatic carbocycles. The third kappa shape index (κ3) is 1.71. The topological polar surface area (TPSA) is 33.4 Å². The van der Waals surface area contributed by atoms with E-state index in [0.717, 1.165) is 0 Å². The van der Waals surface area contributed by atoms with Crippen LogP contribution in [0.5, 0.6) is 0 Å². The summed E-state index contributed by atoms with van der Waals surface area (Å²) in [6.45, 7) is 5.48. The van der Waals surface area contributed by atoms with Gasteiger partial charge in [-0.15, -0.1) is 6.58 Å². The Morgan fingerprint density at radius 1 is 1.73 bits per heavy atom. The predicted octanol–water partition coefficient (Wildman–Crippen LogP) is 2.14. The third-order valence-electron chi connectivity index (χ3n) is 1.70. The minimum atomic E-state index is -0.567. The summed E-state index contributed by atoms with van der Waals surface area (Å²) in [4.78, 5) is 0. The number of aliphatic hydroxyl groups is 1. The van der Waals surface area contributed by atoms with Gasteiger partial charge in [0.15, 0.2) is 0 Å². The zero-order valence-corrected chi connectivity index (χ0v) is 6.53. The van der Waals surface area contributed by atoms with Gasteiger partial charge in [0.25, 0.3) is 0 Å². The van der Waals surface area contributed by atoms with Gasteiger partial charge in [0.05, 0.1) is 6.26 Å². The molecule has 0 spiro atoms. The molecule has 0 saturated carbocycles. The highest BCUT2D eigenvalue weighted by Gasteiger charge is 2.15. The Balaban J connectivity index is 2.69. The molecular weight excluding hydrogens is 140 g/mol. The first-order chi connectivity index (χ1) is 5.25. The fourth-order valence-corrected chi connectivity index (χ4v) is 0.848. The van der Waals surface area contributed by atoms with Gasteiger partial charge in [0, 0.05) is 5.92 Å². The Labute approximate surface area is 66.2 Å². The Morgan fingerprint density at radius 3 is 2.91 bits per heavy atom. The molecule has 0 aliphatic carbocycles. The Morgan fingerprint density at radius 2 is 2.45 bits per heavy atom. The van der Waals surface area contributed by atoms with Crippen LogP contribution in [0.2, 0.25) is 0 Å². The highest BCUT2D eigenvalue weighted by molar-refractivity contribution is 5.04. The predicted molar refractivity (Wildman–Crippen MR) is 43.0 cm³/mol. The molecule has 1 aromatic heterocycles. The minimum absolute atomic E-state index is 0.0288. The van der Waals surface area contributed by atoms with Gasteiger partial charge < -0.3 is 9.52 Å². The number of furan rings is 1. The van der Waals surface area contributed by atoms with E-state index in [-0.39, 0.29) is 5.92 Å². The van der Waals surface area contributed by atoms with Crippen LogP contribution in [0.25, 0.3) is 0 Å². The van der Waals surface area contributed by atoms with Crippen molar-refractivity contribution < 1.29 is 9.52 Å². The SMILES string of the molecule is C=C[C@@H](C)[C@H](O)c1ccco1. The van der Waals surface area contributed by atoms with Gasteiger partial charge in [-0.05, 0) is 12.1 Å². The van der Waals surface area contributed by atoms with Crippen molar-refractivity contribution in [2.75, 3.05) is 0 Å². The average molecular weight is 152 g/mol. The summed E-state index contributed by atoms with van der Waals surface area (Å²) in [6.07, 6.45) is 2.68. The fourth-order valence-electron chi connectivity index (χ4n) is 0.848. The lowest BCUT2D eigenvalue weighted by Crippen LogP contribution is -2.04. The molecular formula is C9H12O2. The molecule has 0 bridgehead atoms. The summed E-state index contributed by atoms with van der Waals surface area (Å²) < 4.78 is 5.02. The second-order valence-electron chi connectivity index (χ2n) is 2.56. The summed E-state index contributed by atoms with van der Waals surface area (Å²) in [6, 6.07) is 3.51. The molecule has 11 heavy (non-hydrogen) atoms. The number of hydrogen-bond acceptors (Lipinski definition) is 2. The lowest BCUT2D eigenvalue weighted by atomic mass is 10.0. The van der Waals surface area contributed by atoms with E-state index < -0.39 is 6.10 Å². The second kappa shape index (κ2) is 3.39. The van der Waals surface area contributed by atoms with Crippen molar-refractivity contribution in [3.8, 4) is 0 Å². The van der Waals surface area contributed by atoms with Gasteiger partial charge in [-0.1, -0.05) is 13.0 Å². The van der Waals surface area contributed by atoms with E-state index in [4.69, 9.17) is 4.42 Å². The van der Waals surface area contributed by atoms with Crippen LogP contribution in [-0.4, -0.2) is 5.11 Å². The van der Waals surface area contributed by atoms with Crippen LogP contribution in [0.3, 0.4) is 0 Å². The maximum atomic E-state index is 9.51. The molecule has 1 heterocycles. The first kappa shape index (κ1) is 8.08. The molecule has 2 nitrogen and oxygen atoms in total. The van der Waals surface area contributed by atoms with Crippen LogP contribution in [0, 0.1) is 5.92 Å². The van der Waals surface area contributed by atoms with E-state index in [1.807, 2.05) is 6.92 Å². The smallest absolute Gasteiger partial charge is 0.132 e. The fraction of sp³-hybridized carbons (Fsp3) is 0.333. The normalized spacial score (nSPS) is 15.8. The molecule has 0 radical (unpaired) electrons. The van der Waals surface area contributed by atoms with Gasteiger partial charge in [-0.3, -0.25) is 0 Å². The number of rotatable bonds is 3. The molecule has 1 rings (SSSR count). The highest BCUT2D eigenvalue weighted by atomic mass is 16.4. The standard InChI is InChI=1S/C9H12O2/c1-3-7(2)9(10)8-5-4-6-11-8/h3-7,9-10H,1H2,2H3/t7-,9+/m1/s1. The van der Waals surface area contributed by atoms with Gasteiger partial charge in [-0.2, -0.15) is 0 Å². The molecule has 2 atom stereocenters. The first-order valence-corrected chi connectivity index (χ1v) is 3.59. The van der Waals surface area contributed by atoms with E-state index in [1.54, 1.807) is 24.5 Å². The Kier molecular flexibility index (Phi) is 2.49. The number of hydrogen-bond donors (Lipinski definition) is 1. The van der Waals surface area contributed by atoms with Crippen LogP contribution in [0.1, 0.15) is 18.8 Å². The largest absolute Gasteiger partial charge is 0.467 e. The van der Waals surface area contributed by atoms with E-state index in [2.05, 4.69) is 6.58 Å². The van der Waals surface area contributed by atoms with E-state index in [1.165, 1.54) is 0 Å². The quantitative estimate of drug-likeness (QED) is 0.673. The van der Waals surface area contributed by atoms with Crippen molar-refractivity contribution >= 4 is 0 Å². The molecule has 0 saturated heterocycles. The molecule has 0 aliphatic rings. The summed E-state index contributed by atoms with van der Waals surface area (Å²) in [5.74, 6) is 0.624. The lowest BCUT2D eigenvalue weighted by Gasteiger charge is -2.11. The zero-order chi connectivity index (χ0) is 8.27. The maximum Gasteiger partial charge on any atom is 0.132 e. The zero-order valence-electron chi connectivity index (χ0n) is 6.53. The van der Waals surface area contributed by atoms with Crippen LogP contribution >= 0.6 is 0 Å². The molecule has 2 heteroatoms.